The Morgan fingerprint density at radius 1 is 1.48 bits per heavy atom. The number of esters is 1. The molecule has 6 nitrogen and oxygen atoms in total. The average Bonchev–Trinajstić information content (AvgIpc) is 2.60. The zero-order valence-corrected chi connectivity index (χ0v) is 11.9. The van der Waals surface area contributed by atoms with E-state index < -0.39 is 27.6 Å². The van der Waals surface area contributed by atoms with Crippen LogP contribution in [0.4, 0.5) is 13.2 Å². The normalized spacial score (nSPS) is 25.5. The minimum absolute atomic E-state index is 0.0463. The first-order chi connectivity index (χ1) is 9.65. The van der Waals surface area contributed by atoms with Crippen molar-refractivity contribution in [3.8, 4) is 0 Å². The molecule has 2 rings (SSSR count). The summed E-state index contributed by atoms with van der Waals surface area (Å²) in [6.07, 6.45) is 1.66. The van der Waals surface area contributed by atoms with Gasteiger partial charge in [0, 0.05) is 19.2 Å². The maximum atomic E-state index is 12.3. The molecule has 2 bridgehead atoms. The zero-order valence-electron chi connectivity index (χ0n) is 11.1. The molecule has 0 radical (unpaired) electrons. The number of hydrogen-bond donors (Lipinski definition) is 0. The Kier molecular flexibility index (Phi) is 4.09. The lowest BCUT2D eigenvalue weighted by molar-refractivity contribution is -0.149. The van der Waals surface area contributed by atoms with Gasteiger partial charge >= 0.3 is 21.6 Å². The number of rotatable bonds is 4. The third-order valence-electron chi connectivity index (χ3n) is 3.36. The lowest BCUT2D eigenvalue weighted by atomic mass is 9.94. The summed E-state index contributed by atoms with van der Waals surface area (Å²) in [5.74, 6) is -1.09. The highest BCUT2D eigenvalue weighted by molar-refractivity contribution is 7.87. The van der Waals surface area contributed by atoms with Crippen molar-refractivity contribution < 1.29 is 35.3 Å². The number of carbonyl (C=O) groups is 1. The van der Waals surface area contributed by atoms with Crippen molar-refractivity contribution in [2.45, 2.75) is 31.3 Å². The van der Waals surface area contributed by atoms with Crippen molar-refractivity contribution in [1.29, 1.82) is 0 Å². The molecule has 2 heterocycles. The number of allylic oxidation sites excluding steroid dienone is 1. The van der Waals surface area contributed by atoms with Gasteiger partial charge < -0.3 is 13.8 Å². The van der Waals surface area contributed by atoms with E-state index in [1.165, 1.54) is 4.90 Å². The summed E-state index contributed by atoms with van der Waals surface area (Å²) in [5.41, 5.74) is -5.47. The van der Waals surface area contributed by atoms with E-state index in [-0.39, 0.29) is 24.7 Å². The summed E-state index contributed by atoms with van der Waals surface area (Å²) in [6.45, 7) is 2.29. The van der Waals surface area contributed by atoms with Gasteiger partial charge in [-0.1, -0.05) is 0 Å². The van der Waals surface area contributed by atoms with E-state index in [1.807, 2.05) is 0 Å². The van der Waals surface area contributed by atoms with Crippen LogP contribution < -0.4 is 0 Å². The molecule has 1 fully saturated rings. The number of halogens is 3. The molecule has 21 heavy (non-hydrogen) atoms. The van der Waals surface area contributed by atoms with Crippen molar-refractivity contribution in [2.24, 2.45) is 5.92 Å². The summed E-state index contributed by atoms with van der Waals surface area (Å²) < 4.78 is 67.8. The van der Waals surface area contributed by atoms with Crippen LogP contribution in [0, 0.1) is 5.92 Å². The summed E-state index contributed by atoms with van der Waals surface area (Å²) in [4.78, 5) is 13.2. The maximum Gasteiger partial charge on any atom is 0.534 e. The van der Waals surface area contributed by atoms with Gasteiger partial charge in [-0.3, -0.25) is 0 Å². The van der Waals surface area contributed by atoms with Gasteiger partial charge in [-0.15, -0.1) is 0 Å². The van der Waals surface area contributed by atoms with Crippen molar-refractivity contribution in [3.63, 3.8) is 0 Å². The highest BCUT2D eigenvalue weighted by Crippen LogP contribution is 2.38. The van der Waals surface area contributed by atoms with Crippen LogP contribution in [0.25, 0.3) is 0 Å². The Balaban J connectivity index is 2.14. The van der Waals surface area contributed by atoms with Crippen molar-refractivity contribution in [3.05, 3.63) is 12.0 Å². The highest BCUT2D eigenvalue weighted by Gasteiger charge is 2.50. The number of ether oxygens (including phenoxy) is 1. The molecule has 0 saturated carbocycles. The molecule has 2 atom stereocenters. The van der Waals surface area contributed by atoms with E-state index in [0.717, 1.165) is 6.20 Å². The van der Waals surface area contributed by atoms with Crippen molar-refractivity contribution in [1.82, 2.24) is 4.90 Å². The first kappa shape index (κ1) is 15.9. The van der Waals surface area contributed by atoms with E-state index in [2.05, 4.69) is 4.18 Å². The molecule has 0 aromatic carbocycles. The van der Waals surface area contributed by atoms with Gasteiger partial charge in [-0.05, 0) is 19.3 Å². The minimum atomic E-state index is -5.68. The van der Waals surface area contributed by atoms with E-state index in [0.29, 0.717) is 13.0 Å². The summed E-state index contributed by atoms with van der Waals surface area (Å²) in [6, 6.07) is -0.592. The molecule has 0 amide bonds. The second-order valence-corrected chi connectivity index (χ2v) is 6.30. The third-order valence-corrected chi connectivity index (χ3v) is 4.36. The molecular formula is C11H14F3NO5S. The number of carbonyl (C=O) groups excluding carboxylic acids is 1. The standard InChI is InChI=1S/C11H14F3NO5S/c1-2-19-10(16)9-7-3-4-15(9)6-8(5-7)20-21(17,18)11(12,13)14/h6-7,9H,2-5H2,1H3. The van der Waals surface area contributed by atoms with Crippen molar-refractivity contribution in [2.75, 3.05) is 13.2 Å². The van der Waals surface area contributed by atoms with E-state index in [9.17, 15) is 26.4 Å². The first-order valence-corrected chi connectivity index (χ1v) is 7.70. The van der Waals surface area contributed by atoms with Crippen LogP contribution in [-0.4, -0.2) is 44.0 Å². The fraction of sp³-hybridized carbons (Fsp3) is 0.727. The van der Waals surface area contributed by atoms with Gasteiger partial charge in [0.25, 0.3) is 0 Å². The molecular weight excluding hydrogens is 315 g/mol. The maximum absolute atomic E-state index is 12.3. The minimum Gasteiger partial charge on any atom is -0.464 e. The monoisotopic (exact) mass is 329 g/mol. The fourth-order valence-corrected chi connectivity index (χ4v) is 3.02. The quantitative estimate of drug-likeness (QED) is 0.440. The predicted octanol–water partition coefficient (Wildman–Crippen LogP) is 1.35. The van der Waals surface area contributed by atoms with Crippen LogP contribution in [0.1, 0.15) is 19.8 Å². The molecule has 10 heteroatoms. The number of alkyl halides is 3. The SMILES string of the molecule is CCOC(=O)C1C2CCN1C=C(OS(=O)(=O)C(F)(F)F)C2. The lowest BCUT2D eigenvalue weighted by Gasteiger charge is -2.30. The summed E-state index contributed by atoms with van der Waals surface area (Å²) in [7, 11) is -5.68. The predicted molar refractivity (Wildman–Crippen MR) is 64.0 cm³/mol. The molecule has 2 unspecified atom stereocenters. The topological polar surface area (TPSA) is 72.9 Å². The van der Waals surface area contributed by atoms with Crippen LogP contribution in [-0.2, 0) is 23.8 Å². The average molecular weight is 329 g/mol. The molecule has 0 spiro atoms. The molecule has 0 aromatic rings. The molecule has 2 aliphatic heterocycles. The van der Waals surface area contributed by atoms with Crippen LogP contribution in [0.15, 0.2) is 12.0 Å². The van der Waals surface area contributed by atoms with Crippen molar-refractivity contribution >= 4 is 16.1 Å². The largest absolute Gasteiger partial charge is 0.534 e. The Morgan fingerprint density at radius 2 is 2.14 bits per heavy atom. The number of hydrogen-bond acceptors (Lipinski definition) is 6. The molecule has 0 aliphatic carbocycles. The number of fused-ring (bicyclic) bond motifs is 2. The third kappa shape index (κ3) is 3.09. The van der Waals surface area contributed by atoms with E-state index in [4.69, 9.17) is 4.74 Å². The Morgan fingerprint density at radius 3 is 2.67 bits per heavy atom. The van der Waals surface area contributed by atoms with Crippen LogP contribution in [0.3, 0.4) is 0 Å². The first-order valence-electron chi connectivity index (χ1n) is 6.29. The van der Waals surface area contributed by atoms with E-state index in [1.54, 1.807) is 6.92 Å². The van der Waals surface area contributed by atoms with Gasteiger partial charge in [0.1, 0.15) is 11.8 Å². The highest BCUT2D eigenvalue weighted by atomic mass is 32.2. The van der Waals surface area contributed by atoms with Gasteiger partial charge in [-0.25, -0.2) is 4.79 Å². The molecule has 120 valence electrons. The Bertz CT molecular complexity index is 557. The second-order valence-electron chi connectivity index (χ2n) is 4.77. The van der Waals surface area contributed by atoms with Crippen LogP contribution in [0.5, 0.6) is 0 Å². The Hall–Kier alpha value is -1.45. The molecule has 0 aromatic heterocycles. The lowest BCUT2D eigenvalue weighted by Crippen LogP contribution is -2.41. The molecule has 2 aliphatic rings. The van der Waals surface area contributed by atoms with Gasteiger partial charge in [0.05, 0.1) is 6.61 Å². The van der Waals surface area contributed by atoms with Gasteiger partial charge in [-0.2, -0.15) is 21.6 Å². The smallest absolute Gasteiger partial charge is 0.464 e. The Labute approximate surface area is 119 Å². The van der Waals surface area contributed by atoms with Gasteiger partial charge in [0.15, 0.2) is 0 Å². The molecule has 1 saturated heterocycles. The fourth-order valence-electron chi connectivity index (χ4n) is 2.54. The van der Waals surface area contributed by atoms with Crippen LogP contribution in [0.2, 0.25) is 0 Å². The van der Waals surface area contributed by atoms with Gasteiger partial charge in [0.2, 0.25) is 0 Å². The summed E-state index contributed by atoms with van der Waals surface area (Å²) in [5, 5.41) is 0. The van der Waals surface area contributed by atoms with E-state index >= 15 is 0 Å². The molecule has 0 N–H and O–H groups in total. The second kappa shape index (κ2) is 5.39. The number of nitrogens with zero attached hydrogens (tertiary/aromatic N) is 1. The van der Waals surface area contributed by atoms with Crippen LogP contribution >= 0.6 is 0 Å². The zero-order chi connectivity index (χ0) is 15.8. The summed E-state index contributed by atoms with van der Waals surface area (Å²) >= 11 is 0.